The van der Waals surface area contributed by atoms with Crippen molar-refractivity contribution in [3.05, 3.63) is 54.6 Å². The fraction of sp³-hybridized carbons (Fsp3) is 0.278. The molecule has 2 aromatic carbocycles. The van der Waals surface area contributed by atoms with Gasteiger partial charge in [0, 0.05) is 22.9 Å². The number of nitrogens with zero attached hydrogens (tertiary/aromatic N) is 1. The van der Waals surface area contributed by atoms with Gasteiger partial charge in [-0.15, -0.1) is 0 Å². The topological polar surface area (TPSA) is 66.5 Å². The highest BCUT2D eigenvalue weighted by Crippen LogP contribution is 2.33. The van der Waals surface area contributed by atoms with E-state index in [2.05, 4.69) is 5.32 Å². The second-order valence-electron chi connectivity index (χ2n) is 5.89. The quantitative estimate of drug-likeness (QED) is 0.869. The molecule has 2 aromatic rings. The molecule has 5 nitrogen and oxygen atoms in total. The Labute approximate surface area is 152 Å². The number of para-hydroxylation sites is 1. The number of sulfone groups is 1. The lowest BCUT2D eigenvalue weighted by atomic mass is 10.3. The number of nitrogens with one attached hydrogen (secondary N) is 1. The number of anilines is 1. The molecule has 0 radical (unpaired) electrons. The number of rotatable bonds is 5. The van der Waals surface area contributed by atoms with Crippen LogP contribution in [0.25, 0.3) is 0 Å². The number of amides is 1. The summed E-state index contributed by atoms with van der Waals surface area (Å²) in [6.45, 7) is 1.03. The Morgan fingerprint density at radius 1 is 1.00 bits per heavy atom. The van der Waals surface area contributed by atoms with Gasteiger partial charge in [0.2, 0.25) is 5.91 Å². The number of carbonyl (C=O) groups is 1. The van der Waals surface area contributed by atoms with Crippen LogP contribution in [0.1, 0.15) is 0 Å². The zero-order valence-electron chi connectivity index (χ0n) is 13.7. The Morgan fingerprint density at radius 2 is 1.64 bits per heavy atom. The molecule has 1 amide bonds. The summed E-state index contributed by atoms with van der Waals surface area (Å²) in [5.41, 5.74) is 0.769. The maximum atomic E-state index is 12.3. The lowest BCUT2D eigenvalue weighted by Gasteiger charge is -2.25. The van der Waals surface area contributed by atoms with Crippen LogP contribution in [0.3, 0.4) is 0 Å². The van der Waals surface area contributed by atoms with Gasteiger partial charge in [0.25, 0.3) is 0 Å². The van der Waals surface area contributed by atoms with Crippen LogP contribution in [-0.2, 0) is 14.6 Å². The molecule has 1 aliphatic heterocycles. The average Bonchev–Trinajstić information content (AvgIpc) is 2.59. The highest BCUT2D eigenvalue weighted by Gasteiger charge is 2.23. The summed E-state index contributed by atoms with van der Waals surface area (Å²) in [5, 5.41) is 2.95. The monoisotopic (exact) mass is 376 g/mol. The Bertz CT molecular complexity index is 824. The number of benzene rings is 2. The molecule has 0 bridgehead atoms. The van der Waals surface area contributed by atoms with E-state index in [9.17, 15) is 13.2 Å². The molecule has 1 saturated heterocycles. The molecule has 1 heterocycles. The Kier molecular flexibility index (Phi) is 5.78. The van der Waals surface area contributed by atoms with Crippen LogP contribution in [0.15, 0.2) is 64.4 Å². The van der Waals surface area contributed by atoms with Crippen LogP contribution in [0.5, 0.6) is 0 Å². The summed E-state index contributed by atoms with van der Waals surface area (Å²) in [5.74, 6) is 0.127. The fourth-order valence-electron chi connectivity index (χ4n) is 2.58. The molecule has 132 valence electrons. The Morgan fingerprint density at radius 3 is 2.36 bits per heavy atom. The van der Waals surface area contributed by atoms with Crippen molar-refractivity contribution < 1.29 is 13.2 Å². The van der Waals surface area contributed by atoms with Gasteiger partial charge in [0.05, 0.1) is 23.7 Å². The van der Waals surface area contributed by atoms with Crippen molar-refractivity contribution in [2.24, 2.45) is 0 Å². The third-order valence-corrected chi connectivity index (χ3v) is 6.63. The van der Waals surface area contributed by atoms with Gasteiger partial charge < -0.3 is 5.32 Å². The van der Waals surface area contributed by atoms with E-state index in [4.69, 9.17) is 0 Å². The first-order valence-electron chi connectivity index (χ1n) is 8.06. The van der Waals surface area contributed by atoms with Crippen LogP contribution in [0, 0.1) is 0 Å². The number of carbonyl (C=O) groups excluding carboxylic acids is 1. The molecule has 7 heteroatoms. The second kappa shape index (κ2) is 8.03. The third-order valence-electron chi connectivity index (χ3n) is 3.94. The second-order valence-corrected chi connectivity index (χ2v) is 9.31. The number of hydrogen-bond donors (Lipinski definition) is 1. The maximum Gasteiger partial charge on any atom is 0.238 e. The van der Waals surface area contributed by atoms with Gasteiger partial charge in [-0.05, 0) is 24.3 Å². The minimum atomic E-state index is -2.93. The van der Waals surface area contributed by atoms with E-state index in [1.54, 1.807) is 11.8 Å². The SMILES string of the molecule is O=C(CN1CCS(=O)(=O)CC1)Nc1ccccc1Sc1ccccc1. The molecule has 3 rings (SSSR count). The van der Waals surface area contributed by atoms with Gasteiger partial charge in [-0.3, -0.25) is 9.69 Å². The molecular formula is C18H20N2O3S2. The summed E-state index contributed by atoms with van der Waals surface area (Å²) < 4.78 is 22.9. The van der Waals surface area contributed by atoms with E-state index < -0.39 is 9.84 Å². The Hall–Kier alpha value is -1.83. The van der Waals surface area contributed by atoms with Gasteiger partial charge in [-0.1, -0.05) is 42.1 Å². The molecule has 1 N–H and O–H groups in total. The highest BCUT2D eigenvalue weighted by molar-refractivity contribution is 7.99. The molecule has 1 fully saturated rings. The number of hydrogen-bond acceptors (Lipinski definition) is 5. The smallest absolute Gasteiger partial charge is 0.238 e. The fourth-order valence-corrected chi connectivity index (χ4v) is 4.78. The van der Waals surface area contributed by atoms with Gasteiger partial charge in [-0.2, -0.15) is 0 Å². The predicted molar refractivity (Wildman–Crippen MR) is 101 cm³/mol. The van der Waals surface area contributed by atoms with Gasteiger partial charge in [-0.25, -0.2) is 8.42 Å². The first kappa shape index (κ1) is 18.0. The molecular weight excluding hydrogens is 356 g/mol. The summed E-state index contributed by atoms with van der Waals surface area (Å²) in [6.07, 6.45) is 0. The zero-order chi connectivity index (χ0) is 17.7. The van der Waals surface area contributed by atoms with E-state index in [0.717, 1.165) is 15.5 Å². The Balaban J connectivity index is 1.62. The van der Waals surface area contributed by atoms with Crippen molar-refractivity contribution >= 4 is 33.2 Å². The molecule has 0 aromatic heterocycles. The summed E-state index contributed by atoms with van der Waals surface area (Å²) in [6, 6.07) is 17.7. The minimum absolute atomic E-state index is 0.125. The molecule has 0 atom stereocenters. The first-order chi connectivity index (χ1) is 12.0. The molecule has 1 aliphatic rings. The van der Waals surface area contributed by atoms with E-state index in [1.807, 2.05) is 59.5 Å². The van der Waals surface area contributed by atoms with Crippen LogP contribution >= 0.6 is 11.8 Å². The van der Waals surface area contributed by atoms with Gasteiger partial charge >= 0.3 is 0 Å². The predicted octanol–water partition coefficient (Wildman–Crippen LogP) is 2.51. The average molecular weight is 377 g/mol. The van der Waals surface area contributed by atoms with Crippen LogP contribution in [-0.4, -0.2) is 50.4 Å². The summed E-state index contributed by atoms with van der Waals surface area (Å²) >= 11 is 1.59. The maximum absolute atomic E-state index is 12.3. The molecule has 0 unspecified atom stereocenters. The first-order valence-corrected chi connectivity index (χ1v) is 10.7. The molecule has 0 aliphatic carbocycles. The van der Waals surface area contributed by atoms with Crippen LogP contribution in [0.4, 0.5) is 5.69 Å². The lowest BCUT2D eigenvalue weighted by Crippen LogP contribution is -2.43. The lowest BCUT2D eigenvalue weighted by molar-refractivity contribution is -0.117. The van der Waals surface area contributed by atoms with E-state index >= 15 is 0 Å². The molecule has 25 heavy (non-hydrogen) atoms. The summed E-state index contributed by atoms with van der Waals surface area (Å²) in [4.78, 5) is 16.3. The standard InChI is InChI=1S/C18H20N2O3S2/c21-18(14-20-10-12-25(22,23)13-11-20)19-16-8-4-5-9-17(16)24-15-6-2-1-3-7-15/h1-9H,10-14H2,(H,19,21). The van der Waals surface area contributed by atoms with Crippen molar-refractivity contribution in [2.45, 2.75) is 9.79 Å². The zero-order valence-corrected chi connectivity index (χ0v) is 15.4. The van der Waals surface area contributed by atoms with E-state index in [-0.39, 0.29) is 24.0 Å². The normalized spacial score (nSPS) is 17.1. The highest BCUT2D eigenvalue weighted by atomic mass is 32.2. The van der Waals surface area contributed by atoms with Crippen LogP contribution < -0.4 is 5.32 Å². The van der Waals surface area contributed by atoms with E-state index in [0.29, 0.717) is 13.1 Å². The van der Waals surface area contributed by atoms with Crippen molar-refractivity contribution in [2.75, 3.05) is 36.5 Å². The molecule has 0 spiro atoms. The van der Waals surface area contributed by atoms with Gasteiger partial charge in [0.15, 0.2) is 9.84 Å². The van der Waals surface area contributed by atoms with Crippen molar-refractivity contribution in [3.63, 3.8) is 0 Å². The van der Waals surface area contributed by atoms with Crippen molar-refractivity contribution in [1.29, 1.82) is 0 Å². The minimum Gasteiger partial charge on any atom is -0.324 e. The molecule has 0 saturated carbocycles. The van der Waals surface area contributed by atoms with E-state index in [1.165, 1.54) is 0 Å². The summed E-state index contributed by atoms with van der Waals surface area (Å²) in [7, 11) is -2.93. The third kappa shape index (κ3) is 5.32. The van der Waals surface area contributed by atoms with Crippen LogP contribution in [0.2, 0.25) is 0 Å². The van der Waals surface area contributed by atoms with Gasteiger partial charge in [0.1, 0.15) is 0 Å². The van der Waals surface area contributed by atoms with Crippen molar-refractivity contribution in [1.82, 2.24) is 4.90 Å². The largest absolute Gasteiger partial charge is 0.324 e. The van der Waals surface area contributed by atoms with Crippen molar-refractivity contribution in [3.8, 4) is 0 Å².